The second-order valence-electron chi connectivity index (χ2n) is 4.68. The monoisotopic (exact) mass is 252 g/mol. The number of aryl methyl sites for hydroxylation is 1. The van der Waals surface area contributed by atoms with E-state index in [4.69, 9.17) is 5.73 Å². The molecule has 0 aliphatic heterocycles. The zero-order valence-corrected chi connectivity index (χ0v) is 11.3. The quantitative estimate of drug-likeness (QED) is 0.488. The van der Waals surface area contributed by atoms with E-state index in [9.17, 15) is 10.1 Å². The van der Waals surface area contributed by atoms with E-state index < -0.39 is 4.92 Å². The molecule has 0 atom stereocenters. The lowest BCUT2D eigenvalue weighted by molar-refractivity contribution is -0.384. The van der Waals surface area contributed by atoms with Crippen LogP contribution in [0, 0.1) is 17.0 Å². The van der Waals surface area contributed by atoms with E-state index in [1.54, 1.807) is 6.07 Å². The molecule has 0 aliphatic carbocycles. The topological polar surface area (TPSA) is 75.6 Å². The number of likely N-dealkylation sites (N-methyl/N-ethyl adjacent to an activating group) is 2. The fourth-order valence-electron chi connectivity index (χ4n) is 1.62. The molecular formula is C12H20N4O2. The standard InChI is InChI=1S/C12H20N4O2/c1-9-7-11(15(4)6-5-14(2)3)12(16(17)18)8-10(9)13/h7-8H,5-6,13H2,1-4H3. The Balaban J connectivity index is 3.05. The Morgan fingerprint density at radius 3 is 2.39 bits per heavy atom. The zero-order valence-electron chi connectivity index (χ0n) is 11.3. The molecule has 0 bridgehead atoms. The van der Waals surface area contributed by atoms with Gasteiger partial charge in [-0.05, 0) is 32.6 Å². The van der Waals surface area contributed by atoms with Crippen molar-refractivity contribution in [3.8, 4) is 0 Å². The van der Waals surface area contributed by atoms with Gasteiger partial charge in [0, 0.05) is 31.9 Å². The first-order valence-corrected chi connectivity index (χ1v) is 5.73. The highest BCUT2D eigenvalue weighted by Crippen LogP contribution is 2.31. The van der Waals surface area contributed by atoms with Gasteiger partial charge in [-0.1, -0.05) is 0 Å². The van der Waals surface area contributed by atoms with Gasteiger partial charge in [0.2, 0.25) is 0 Å². The number of nitrogen functional groups attached to an aromatic ring is 1. The predicted octanol–water partition coefficient (Wildman–Crippen LogP) is 1.48. The Labute approximate surface area is 107 Å². The highest BCUT2D eigenvalue weighted by atomic mass is 16.6. The number of hydrogen-bond donors (Lipinski definition) is 1. The molecule has 0 radical (unpaired) electrons. The number of rotatable bonds is 5. The third kappa shape index (κ3) is 3.33. The number of hydrogen-bond acceptors (Lipinski definition) is 5. The van der Waals surface area contributed by atoms with Crippen LogP contribution in [0.3, 0.4) is 0 Å². The lowest BCUT2D eigenvalue weighted by Crippen LogP contribution is -2.29. The molecule has 0 saturated carbocycles. The smallest absolute Gasteiger partial charge is 0.294 e. The van der Waals surface area contributed by atoms with Gasteiger partial charge in [0.1, 0.15) is 5.69 Å². The average molecular weight is 252 g/mol. The second kappa shape index (κ2) is 5.68. The Morgan fingerprint density at radius 2 is 1.89 bits per heavy atom. The summed E-state index contributed by atoms with van der Waals surface area (Å²) in [4.78, 5) is 14.6. The minimum atomic E-state index is -0.392. The number of nitro groups is 1. The Hall–Kier alpha value is -1.82. The summed E-state index contributed by atoms with van der Waals surface area (Å²) in [5.74, 6) is 0. The summed E-state index contributed by atoms with van der Waals surface area (Å²) in [6.45, 7) is 3.40. The molecule has 0 aromatic heterocycles. The molecule has 18 heavy (non-hydrogen) atoms. The summed E-state index contributed by atoms with van der Waals surface area (Å²) in [7, 11) is 5.79. The van der Waals surface area contributed by atoms with Crippen LogP contribution in [0.15, 0.2) is 12.1 Å². The largest absolute Gasteiger partial charge is 0.398 e. The van der Waals surface area contributed by atoms with Crippen molar-refractivity contribution in [1.82, 2.24) is 4.90 Å². The fraction of sp³-hybridized carbons (Fsp3) is 0.500. The molecule has 1 aromatic carbocycles. The van der Waals surface area contributed by atoms with Crippen molar-refractivity contribution in [2.45, 2.75) is 6.92 Å². The molecule has 0 amide bonds. The summed E-state index contributed by atoms with van der Waals surface area (Å²) in [5.41, 5.74) is 7.68. The van der Waals surface area contributed by atoms with Crippen molar-refractivity contribution in [2.75, 3.05) is 44.9 Å². The predicted molar refractivity (Wildman–Crippen MR) is 74.1 cm³/mol. The summed E-state index contributed by atoms with van der Waals surface area (Å²) < 4.78 is 0. The fourth-order valence-corrected chi connectivity index (χ4v) is 1.62. The molecule has 1 aromatic rings. The molecule has 1 rings (SSSR count). The highest BCUT2D eigenvalue weighted by Gasteiger charge is 2.18. The van der Waals surface area contributed by atoms with Gasteiger partial charge in [0.05, 0.1) is 4.92 Å². The van der Waals surface area contributed by atoms with Gasteiger partial charge in [-0.25, -0.2) is 0 Å². The number of anilines is 2. The van der Waals surface area contributed by atoms with Crippen LogP contribution in [0.1, 0.15) is 5.56 Å². The van der Waals surface area contributed by atoms with Gasteiger partial charge in [0.25, 0.3) is 5.69 Å². The van der Waals surface area contributed by atoms with E-state index in [1.165, 1.54) is 6.07 Å². The summed E-state index contributed by atoms with van der Waals surface area (Å²) in [6, 6.07) is 3.19. The van der Waals surface area contributed by atoms with E-state index in [-0.39, 0.29) is 5.69 Å². The molecule has 2 N–H and O–H groups in total. The third-order valence-corrected chi connectivity index (χ3v) is 2.85. The summed E-state index contributed by atoms with van der Waals surface area (Å²) in [5, 5.41) is 11.0. The van der Waals surface area contributed by atoms with Crippen molar-refractivity contribution in [3.05, 3.63) is 27.8 Å². The van der Waals surface area contributed by atoms with Crippen LogP contribution in [0.25, 0.3) is 0 Å². The lowest BCUT2D eigenvalue weighted by Gasteiger charge is -2.22. The van der Waals surface area contributed by atoms with Gasteiger partial charge >= 0.3 is 0 Å². The van der Waals surface area contributed by atoms with Gasteiger partial charge in [-0.2, -0.15) is 0 Å². The molecule has 6 heteroatoms. The maximum atomic E-state index is 11.0. The van der Waals surface area contributed by atoms with Crippen molar-refractivity contribution in [2.24, 2.45) is 0 Å². The molecule has 0 spiro atoms. The van der Waals surface area contributed by atoms with Crippen LogP contribution in [0.2, 0.25) is 0 Å². The SMILES string of the molecule is Cc1cc(N(C)CCN(C)C)c([N+](=O)[O-])cc1N. The van der Waals surface area contributed by atoms with E-state index in [0.717, 1.165) is 18.7 Å². The van der Waals surface area contributed by atoms with E-state index in [1.807, 2.05) is 37.9 Å². The van der Waals surface area contributed by atoms with Crippen LogP contribution < -0.4 is 10.6 Å². The van der Waals surface area contributed by atoms with Crippen molar-refractivity contribution in [3.63, 3.8) is 0 Å². The van der Waals surface area contributed by atoms with Gasteiger partial charge in [0.15, 0.2) is 0 Å². The highest BCUT2D eigenvalue weighted by molar-refractivity contribution is 5.70. The van der Waals surface area contributed by atoms with Gasteiger partial charge in [-0.15, -0.1) is 0 Å². The number of nitrogens with zero attached hydrogens (tertiary/aromatic N) is 3. The maximum Gasteiger partial charge on any atom is 0.294 e. The van der Waals surface area contributed by atoms with Crippen molar-refractivity contribution < 1.29 is 4.92 Å². The maximum absolute atomic E-state index is 11.0. The molecule has 0 aliphatic rings. The van der Waals surface area contributed by atoms with Crippen LogP contribution in [0.4, 0.5) is 17.1 Å². The van der Waals surface area contributed by atoms with Crippen LogP contribution in [0.5, 0.6) is 0 Å². The molecular weight excluding hydrogens is 232 g/mol. The van der Waals surface area contributed by atoms with E-state index >= 15 is 0 Å². The lowest BCUT2D eigenvalue weighted by atomic mass is 10.1. The minimum Gasteiger partial charge on any atom is -0.398 e. The Kier molecular flexibility index (Phi) is 4.49. The molecule has 0 unspecified atom stereocenters. The zero-order chi connectivity index (χ0) is 13.9. The minimum absolute atomic E-state index is 0.0550. The number of benzene rings is 1. The van der Waals surface area contributed by atoms with Crippen LogP contribution >= 0.6 is 0 Å². The third-order valence-electron chi connectivity index (χ3n) is 2.85. The van der Waals surface area contributed by atoms with Crippen molar-refractivity contribution >= 4 is 17.1 Å². The second-order valence-corrected chi connectivity index (χ2v) is 4.68. The first-order valence-electron chi connectivity index (χ1n) is 5.73. The summed E-state index contributed by atoms with van der Waals surface area (Å²) >= 11 is 0. The Morgan fingerprint density at radius 1 is 1.28 bits per heavy atom. The van der Waals surface area contributed by atoms with Crippen LogP contribution in [-0.4, -0.2) is 44.1 Å². The summed E-state index contributed by atoms with van der Waals surface area (Å²) in [6.07, 6.45) is 0. The van der Waals surface area contributed by atoms with Gasteiger partial charge in [-0.3, -0.25) is 10.1 Å². The van der Waals surface area contributed by atoms with Crippen LogP contribution in [-0.2, 0) is 0 Å². The first kappa shape index (κ1) is 14.2. The Bertz CT molecular complexity index is 446. The number of nitrogens with two attached hydrogens (primary N) is 1. The molecule has 6 nitrogen and oxygen atoms in total. The van der Waals surface area contributed by atoms with Gasteiger partial charge < -0.3 is 15.5 Å². The van der Waals surface area contributed by atoms with Crippen molar-refractivity contribution in [1.29, 1.82) is 0 Å². The average Bonchev–Trinajstić information content (AvgIpc) is 2.28. The van der Waals surface area contributed by atoms with E-state index in [2.05, 4.69) is 0 Å². The molecule has 0 heterocycles. The molecule has 0 saturated heterocycles. The first-order chi connectivity index (χ1) is 8.32. The number of nitro benzene ring substituents is 1. The van der Waals surface area contributed by atoms with E-state index in [0.29, 0.717) is 11.4 Å². The molecule has 100 valence electrons. The normalized spacial score (nSPS) is 10.7. The molecule has 0 fully saturated rings.